The van der Waals surface area contributed by atoms with Gasteiger partial charge in [-0.15, -0.1) is 6.42 Å². The predicted octanol–water partition coefficient (Wildman–Crippen LogP) is 0.766. The molecule has 0 aromatic rings. The Balaban J connectivity index is 2.62. The smallest absolute Gasteiger partial charge is 0.102 e. The average Bonchev–Trinajstić information content (AvgIpc) is 2.30. The molecular weight excluding hydrogens is 143 g/mol. The highest BCUT2D eigenvalue weighted by Crippen LogP contribution is 2.26. The summed E-state index contributed by atoms with van der Waals surface area (Å²) < 4.78 is 1.88. The third-order valence-corrected chi connectivity index (χ3v) is 2.49. The maximum Gasteiger partial charge on any atom is 0.102 e. The van der Waals surface area contributed by atoms with Crippen LogP contribution >= 0.6 is 9.39 Å². The first-order valence-corrected chi connectivity index (χ1v) is 3.70. The van der Waals surface area contributed by atoms with Crippen LogP contribution in [0, 0.1) is 23.7 Å². The number of nitriles is 1. The maximum absolute atomic E-state index is 8.58. The lowest BCUT2D eigenvalue weighted by Crippen LogP contribution is -2.23. The molecule has 0 aromatic heterocycles. The molecule has 1 fully saturated rings. The van der Waals surface area contributed by atoms with Crippen LogP contribution in [0.3, 0.4) is 0 Å². The molecular formula is C7H9N2P. The molecule has 3 atom stereocenters. The topological polar surface area (TPSA) is 27.0 Å². The zero-order valence-electron chi connectivity index (χ0n) is 5.62. The maximum atomic E-state index is 8.58. The molecule has 0 N–H and O–H groups in total. The molecule has 1 saturated heterocycles. The molecule has 0 radical (unpaired) electrons. The first-order chi connectivity index (χ1) is 4.79. The van der Waals surface area contributed by atoms with Crippen molar-refractivity contribution < 1.29 is 0 Å². The van der Waals surface area contributed by atoms with E-state index in [-0.39, 0.29) is 12.1 Å². The average molecular weight is 152 g/mol. The van der Waals surface area contributed by atoms with Crippen molar-refractivity contribution >= 4 is 9.39 Å². The second kappa shape index (κ2) is 3.02. The fourth-order valence-corrected chi connectivity index (χ4v) is 1.58. The Morgan fingerprint density at radius 2 is 2.10 bits per heavy atom. The second-order valence-corrected chi connectivity index (χ2v) is 2.95. The first-order valence-electron chi connectivity index (χ1n) is 3.18. The van der Waals surface area contributed by atoms with Crippen LogP contribution in [0.5, 0.6) is 0 Å². The van der Waals surface area contributed by atoms with E-state index in [1.54, 1.807) is 0 Å². The summed E-state index contributed by atoms with van der Waals surface area (Å²) in [5, 5.41) is 8.58. The van der Waals surface area contributed by atoms with Gasteiger partial charge in [-0.3, -0.25) is 4.67 Å². The van der Waals surface area contributed by atoms with Gasteiger partial charge in [0.1, 0.15) is 6.04 Å². The van der Waals surface area contributed by atoms with E-state index < -0.39 is 0 Å². The van der Waals surface area contributed by atoms with Crippen molar-refractivity contribution in [3.8, 4) is 18.4 Å². The lowest BCUT2D eigenvalue weighted by Gasteiger charge is -2.15. The van der Waals surface area contributed by atoms with Crippen molar-refractivity contribution in [2.45, 2.75) is 24.9 Å². The molecule has 1 rings (SSSR count). The Morgan fingerprint density at radius 3 is 2.40 bits per heavy atom. The third kappa shape index (κ3) is 1.14. The molecule has 1 heterocycles. The van der Waals surface area contributed by atoms with Gasteiger partial charge in [0.25, 0.3) is 0 Å². The summed E-state index contributed by atoms with van der Waals surface area (Å²) in [5.74, 6) is 2.63. The predicted molar refractivity (Wildman–Crippen MR) is 42.8 cm³/mol. The summed E-state index contributed by atoms with van der Waals surface area (Å²) in [4.78, 5) is 0. The van der Waals surface area contributed by atoms with Crippen molar-refractivity contribution in [2.75, 3.05) is 0 Å². The van der Waals surface area contributed by atoms with Crippen molar-refractivity contribution in [3.05, 3.63) is 0 Å². The van der Waals surface area contributed by atoms with Crippen LogP contribution in [0.2, 0.25) is 0 Å². The van der Waals surface area contributed by atoms with Crippen molar-refractivity contribution in [1.29, 1.82) is 5.26 Å². The summed E-state index contributed by atoms with van der Waals surface area (Å²) in [5.41, 5.74) is 0. The Labute approximate surface area is 63.5 Å². The van der Waals surface area contributed by atoms with Crippen LogP contribution in [0.15, 0.2) is 0 Å². The van der Waals surface area contributed by atoms with Gasteiger partial charge in [0, 0.05) is 0 Å². The minimum atomic E-state index is 0.00560. The minimum absolute atomic E-state index is 0.00560. The number of hydrogen-bond acceptors (Lipinski definition) is 2. The molecule has 0 bridgehead atoms. The van der Waals surface area contributed by atoms with Crippen LogP contribution < -0.4 is 0 Å². The Kier molecular flexibility index (Phi) is 2.28. The van der Waals surface area contributed by atoms with Gasteiger partial charge in [-0.2, -0.15) is 5.26 Å². The lowest BCUT2D eigenvalue weighted by atomic mass is 10.2. The van der Waals surface area contributed by atoms with E-state index >= 15 is 0 Å². The summed E-state index contributed by atoms with van der Waals surface area (Å²) in [7, 11) is 2.51. The van der Waals surface area contributed by atoms with E-state index in [1.807, 2.05) is 4.67 Å². The van der Waals surface area contributed by atoms with Crippen LogP contribution in [0.4, 0.5) is 0 Å². The lowest BCUT2D eigenvalue weighted by molar-refractivity contribution is 0.461. The summed E-state index contributed by atoms with van der Waals surface area (Å²) in [6.07, 6.45) is 7.07. The molecule has 3 heteroatoms. The van der Waals surface area contributed by atoms with Gasteiger partial charge >= 0.3 is 0 Å². The van der Waals surface area contributed by atoms with Crippen molar-refractivity contribution in [2.24, 2.45) is 0 Å². The Hall–Kier alpha value is -0.560. The molecule has 1 aliphatic rings. The molecule has 2 nitrogen and oxygen atoms in total. The zero-order chi connectivity index (χ0) is 7.56. The number of hydrogen-bond donors (Lipinski definition) is 0. The summed E-state index contributed by atoms with van der Waals surface area (Å²) in [6.45, 7) is 0. The van der Waals surface area contributed by atoms with Gasteiger partial charge < -0.3 is 0 Å². The number of nitrogens with zero attached hydrogens (tertiary/aromatic N) is 2. The second-order valence-electron chi connectivity index (χ2n) is 2.35. The van der Waals surface area contributed by atoms with E-state index in [0.29, 0.717) is 0 Å². The molecule has 0 aliphatic carbocycles. The number of terminal acetylenes is 1. The molecule has 52 valence electrons. The summed E-state index contributed by atoms with van der Waals surface area (Å²) >= 11 is 0. The van der Waals surface area contributed by atoms with Gasteiger partial charge in [-0.05, 0) is 12.8 Å². The first kappa shape index (κ1) is 7.55. The van der Waals surface area contributed by atoms with E-state index in [2.05, 4.69) is 21.4 Å². The standard InChI is InChI=1S/C7H9N2P/c1-2-6-3-4-7(5-8)9(6)10/h1,6-7H,3-4,10H2. The number of rotatable bonds is 0. The van der Waals surface area contributed by atoms with Crippen LogP contribution in [-0.4, -0.2) is 16.8 Å². The van der Waals surface area contributed by atoms with E-state index in [9.17, 15) is 0 Å². The van der Waals surface area contributed by atoms with Crippen LogP contribution in [0.25, 0.3) is 0 Å². The molecule has 3 unspecified atom stereocenters. The van der Waals surface area contributed by atoms with Gasteiger partial charge in [-0.1, -0.05) is 15.3 Å². The van der Waals surface area contributed by atoms with Gasteiger partial charge in [0.15, 0.2) is 0 Å². The Morgan fingerprint density at radius 1 is 1.50 bits per heavy atom. The molecule has 10 heavy (non-hydrogen) atoms. The van der Waals surface area contributed by atoms with Crippen molar-refractivity contribution in [3.63, 3.8) is 0 Å². The van der Waals surface area contributed by atoms with E-state index in [1.165, 1.54) is 0 Å². The van der Waals surface area contributed by atoms with E-state index in [4.69, 9.17) is 11.7 Å². The van der Waals surface area contributed by atoms with Crippen molar-refractivity contribution in [1.82, 2.24) is 4.67 Å². The van der Waals surface area contributed by atoms with Gasteiger partial charge in [0.2, 0.25) is 0 Å². The fraction of sp³-hybridized carbons (Fsp3) is 0.571. The third-order valence-electron chi connectivity index (χ3n) is 1.77. The monoisotopic (exact) mass is 152 g/mol. The highest BCUT2D eigenvalue weighted by atomic mass is 31.0. The van der Waals surface area contributed by atoms with Gasteiger partial charge in [-0.25, -0.2) is 0 Å². The summed E-state index contributed by atoms with van der Waals surface area (Å²) in [6, 6.07) is 2.34. The zero-order valence-corrected chi connectivity index (χ0v) is 6.77. The van der Waals surface area contributed by atoms with Gasteiger partial charge in [0.05, 0.1) is 12.1 Å². The molecule has 0 amide bonds. The van der Waals surface area contributed by atoms with Crippen LogP contribution in [0.1, 0.15) is 12.8 Å². The highest BCUT2D eigenvalue weighted by molar-refractivity contribution is 7.13. The SMILES string of the molecule is C#CC1CCC(C#N)N1P. The molecule has 0 spiro atoms. The molecule has 1 aliphatic heterocycles. The fourth-order valence-electron chi connectivity index (χ4n) is 1.13. The quantitative estimate of drug-likeness (QED) is 0.378. The molecule has 0 saturated carbocycles. The van der Waals surface area contributed by atoms with E-state index in [0.717, 1.165) is 12.8 Å². The minimum Gasteiger partial charge on any atom is -0.257 e. The normalized spacial score (nSPS) is 33.1. The van der Waals surface area contributed by atoms with Crippen LogP contribution in [-0.2, 0) is 0 Å². The Bertz CT molecular complexity index is 179. The molecule has 0 aromatic carbocycles. The largest absolute Gasteiger partial charge is 0.257 e. The highest BCUT2D eigenvalue weighted by Gasteiger charge is 2.28.